The molecule has 6 rings (SSSR count). The van der Waals surface area contributed by atoms with E-state index in [0.29, 0.717) is 38.5 Å². The van der Waals surface area contributed by atoms with Crippen molar-refractivity contribution in [1.82, 2.24) is 15.0 Å². The molecule has 0 aliphatic heterocycles. The summed E-state index contributed by atoms with van der Waals surface area (Å²) in [4.78, 5) is 79.4. The highest BCUT2D eigenvalue weighted by Gasteiger charge is 2.28. The number of carbonyl (C=O) groups excluding carboxylic acids is 6. The Morgan fingerprint density at radius 1 is 0.438 bits per heavy atom. The molecule has 3 aliphatic carbocycles. The summed E-state index contributed by atoms with van der Waals surface area (Å²) in [6.07, 6.45) is 11.7. The third kappa shape index (κ3) is 14.9. The second kappa shape index (κ2) is 23.7. The van der Waals surface area contributed by atoms with Crippen LogP contribution in [0, 0.1) is 0 Å². The van der Waals surface area contributed by atoms with Gasteiger partial charge < -0.3 is 0 Å². The van der Waals surface area contributed by atoms with Crippen LogP contribution in [-0.4, -0.2) is 49.7 Å². The number of hydrogen-bond donors (Lipinski definition) is 0. The molecular formula is C39H51N3O6. The van der Waals surface area contributed by atoms with Gasteiger partial charge in [0.15, 0.2) is 0 Å². The van der Waals surface area contributed by atoms with Crippen molar-refractivity contribution in [3.63, 3.8) is 0 Å². The summed E-state index contributed by atoms with van der Waals surface area (Å²) in [7, 11) is 0. The first kappa shape index (κ1) is 41.5. The minimum atomic E-state index is 0.00458. The number of nitrogens with zero attached hydrogens (tertiary/aromatic N) is 3. The van der Waals surface area contributed by atoms with Crippen molar-refractivity contribution in [2.75, 3.05) is 0 Å². The van der Waals surface area contributed by atoms with Crippen LogP contribution in [0.15, 0.2) is 73.4 Å². The molecule has 0 bridgehead atoms. The van der Waals surface area contributed by atoms with Crippen molar-refractivity contribution in [2.24, 2.45) is 0 Å². The van der Waals surface area contributed by atoms with Crippen molar-refractivity contribution in [3.05, 3.63) is 90.3 Å². The van der Waals surface area contributed by atoms with E-state index in [1.165, 1.54) is 0 Å². The Balaban J connectivity index is 0.000000333. The molecule has 48 heavy (non-hydrogen) atoms. The van der Waals surface area contributed by atoms with Gasteiger partial charge in [-0.15, -0.1) is 0 Å². The zero-order valence-corrected chi connectivity index (χ0v) is 29.3. The molecule has 0 amide bonds. The van der Waals surface area contributed by atoms with E-state index < -0.39 is 0 Å². The normalized spacial score (nSPS) is 16.6. The lowest BCUT2D eigenvalue weighted by molar-refractivity contribution is -0.131. The van der Waals surface area contributed by atoms with E-state index in [-0.39, 0.29) is 71.7 Å². The number of rotatable bonds is 3. The van der Waals surface area contributed by atoms with Crippen molar-refractivity contribution >= 4 is 34.7 Å². The summed E-state index contributed by atoms with van der Waals surface area (Å²) in [5, 5.41) is 0. The van der Waals surface area contributed by atoms with Crippen LogP contribution < -0.4 is 0 Å². The van der Waals surface area contributed by atoms with Gasteiger partial charge >= 0.3 is 0 Å². The Morgan fingerprint density at radius 2 is 0.875 bits per heavy atom. The number of pyridine rings is 3. The summed E-state index contributed by atoms with van der Waals surface area (Å²) in [5.74, 6) is 0.430. The monoisotopic (exact) mass is 657 g/mol. The van der Waals surface area contributed by atoms with Crippen LogP contribution in [0.3, 0.4) is 0 Å². The average molecular weight is 658 g/mol. The van der Waals surface area contributed by atoms with Crippen molar-refractivity contribution in [3.8, 4) is 0 Å². The quantitative estimate of drug-likeness (QED) is 0.261. The standard InChI is InChI=1S/3C11H11NO2.3C2H6/c13-10-5-9(6-11(14)7-10)8-1-3-12-4-2-8;13-10-4-9(5-11(14)6-10)8-2-1-3-12-7-8;13-9-5-8(6-10(14)7-9)11-3-1-2-4-12-11;3*1-2/h1-4,9H,5-7H2;1-3,7,9H,4-6H2;1-4,8H,5-7H2;3*1-2H3. The maximum Gasteiger partial charge on any atom is 0.140 e. The van der Waals surface area contributed by atoms with Crippen LogP contribution in [0.2, 0.25) is 0 Å². The number of carbonyl (C=O) groups is 6. The van der Waals surface area contributed by atoms with Gasteiger partial charge in [-0.1, -0.05) is 53.7 Å². The molecule has 3 saturated carbocycles. The molecule has 3 aliphatic rings. The Morgan fingerprint density at radius 3 is 1.27 bits per heavy atom. The van der Waals surface area contributed by atoms with Gasteiger partial charge in [0.1, 0.15) is 34.7 Å². The maximum atomic E-state index is 11.2. The molecule has 258 valence electrons. The lowest BCUT2D eigenvalue weighted by Gasteiger charge is -2.19. The van der Waals surface area contributed by atoms with Gasteiger partial charge in [0.25, 0.3) is 0 Å². The number of Topliss-reactive ketones (excluding diaryl/α,β-unsaturated/α-hetero) is 6. The molecule has 0 N–H and O–H groups in total. The minimum absolute atomic E-state index is 0.00458. The zero-order chi connectivity index (χ0) is 35.9. The van der Waals surface area contributed by atoms with Gasteiger partial charge in [-0.3, -0.25) is 43.7 Å². The Bertz CT molecular complexity index is 1210. The zero-order valence-electron chi connectivity index (χ0n) is 29.3. The number of ketones is 6. The lowest BCUT2D eigenvalue weighted by atomic mass is 9.83. The maximum absolute atomic E-state index is 11.2. The van der Waals surface area contributed by atoms with E-state index in [1.54, 1.807) is 31.0 Å². The second-order valence-corrected chi connectivity index (χ2v) is 10.9. The highest BCUT2D eigenvalue weighted by Crippen LogP contribution is 2.30. The van der Waals surface area contributed by atoms with E-state index >= 15 is 0 Å². The molecule has 0 saturated heterocycles. The van der Waals surface area contributed by atoms with Crippen LogP contribution in [0.5, 0.6) is 0 Å². The molecule has 0 radical (unpaired) electrons. The van der Waals surface area contributed by atoms with Crippen molar-refractivity contribution < 1.29 is 28.8 Å². The molecule has 3 heterocycles. The van der Waals surface area contributed by atoms with Gasteiger partial charge in [0, 0.05) is 81.1 Å². The van der Waals surface area contributed by atoms with E-state index in [0.717, 1.165) is 16.8 Å². The predicted octanol–water partition coefficient (Wildman–Crippen LogP) is 7.54. The lowest BCUT2D eigenvalue weighted by Crippen LogP contribution is -2.21. The molecule has 3 aromatic heterocycles. The Kier molecular flexibility index (Phi) is 20.5. The Hall–Kier alpha value is -4.53. The summed E-state index contributed by atoms with van der Waals surface area (Å²) in [6.45, 7) is 12.0. The van der Waals surface area contributed by atoms with Crippen molar-refractivity contribution in [2.45, 2.75) is 117 Å². The summed E-state index contributed by atoms with van der Waals surface area (Å²) in [5.41, 5.74) is 2.89. The summed E-state index contributed by atoms with van der Waals surface area (Å²) in [6, 6.07) is 13.1. The molecule has 9 heteroatoms. The molecule has 0 aromatic carbocycles. The Labute approximate surface area is 285 Å². The smallest absolute Gasteiger partial charge is 0.140 e. The van der Waals surface area contributed by atoms with Gasteiger partial charge in [-0.2, -0.15) is 0 Å². The van der Waals surface area contributed by atoms with Gasteiger partial charge in [0.05, 0.1) is 19.3 Å². The van der Waals surface area contributed by atoms with E-state index in [9.17, 15) is 28.8 Å². The van der Waals surface area contributed by atoms with Crippen LogP contribution in [0.4, 0.5) is 0 Å². The topological polar surface area (TPSA) is 141 Å². The SMILES string of the molecule is CC.CC.CC.O=C1CC(=O)CC(c2ccccn2)C1.O=C1CC(=O)CC(c2cccnc2)C1.O=C1CC(=O)CC(c2ccncc2)C1. The van der Waals surface area contributed by atoms with Crippen LogP contribution in [0.25, 0.3) is 0 Å². The van der Waals surface area contributed by atoms with Crippen LogP contribution >= 0.6 is 0 Å². The highest BCUT2D eigenvalue weighted by molar-refractivity contribution is 6.03. The predicted molar refractivity (Wildman–Crippen MR) is 187 cm³/mol. The largest absolute Gasteiger partial charge is 0.299 e. The fourth-order valence-corrected chi connectivity index (χ4v) is 5.51. The van der Waals surface area contributed by atoms with E-state index in [4.69, 9.17) is 0 Å². The highest BCUT2D eigenvalue weighted by atomic mass is 16.2. The average Bonchev–Trinajstić information content (AvgIpc) is 3.11. The third-order valence-electron chi connectivity index (χ3n) is 7.47. The summed E-state index contributed by atoms with van der Waals surface area (Å²) >= 11 is 0. The minimum Gasteiger partial charge on any atom is -0.299 e. The fourth-order valence-electron chi connectivity index (χ4n) is 5.51. The third-order valence-corrected chi connectivity index (χ3v) is 7.47. The van der Waals surface area contributed by atoms with Gasteiger partial charge in [0.2, 0.25) is 0 Å². The molecular weight excluding hydrogens is 606 g/mol. The van der Waals surface area contributed by atoms with Gasteiger partial charge in [-0.05, 0) is 53.3 Å². The molecule has 9 nitrogen and oxygen atoms in total. The molecule has 0 unspecified atom stereocenters. The second-order valence-electron chi connectivity index (χ2n) is 10.9. The first-order valence-electron chi connectivity index (χ1n) is 17.1. The van der Waals surface area contributed by atoms with Gasteiger partial charge in [-0.25, -0.2) is 0 Å². The first-order chi connectivity index (χ1) is 23.3. The van der Waals surface area contributed by atoms with Crippen molar-refractivity contribution in [1.29, 1.82) is 0 Å². The molecule has 3 fully saturated rings. The molecule has 0 atom stereocenters. The summed E-state index contributed by atoms with van der Waals surface area (Å²) < 4.78 is 0. The number of hydrogen-bond acceptors (Lipinski definition) is 9. The fraction of sp³-hybridized carbons (Fsp3) is 0.462. The van der Waals surface area contributed by atoms with E-state index in [2.05, 4.69) is 15.0 Å². The molecule has 3 aromatic rings. The molecule has 0 spiro atoms. The van der Waals surface area contributed by atoms with Crippen LogP contribution in [0.1, 0.15) is 134 Å². The van der Waals surface area contributed by atoms with Crippen LogP contribution in [-0.2, 0) is 28.8 Å². The first-order valence-corrected chi connectivity index (χ1v) is 17.1. The van der Waals surface area contributed by atoms with E-state index in [1.807, 2.05) is 84.0 Å². The number of aromatic nitrogens is 3.